The second-order valence-electron chi connectivity index (χ2n) is 6.92. The molecule has 2 aromatic carbocycles. The van der Waals surface area contributed by atoms with Gasteiger partial charge in [-0.2, -0.15) is 5.26 Å². The number of nitrogens with one attached hydrogen (secondary N) is 1. The third-order valence-electron chi connectivity index (χ3n) is 4.99. The van der Waals surface area contributed by atoms with E-state index in [2.05, 4.69) is 15.2 Å². The van der Waals surface area contributed by atoms with Gasteiger partial charge in [-0.05, 0) is 56.3 Å². The van der Waals surface area contributed by atoms with Gasteiger partial charge in [-0.25, -0.2) is 4.98 Å². The molecule has 0 unspecified atom stereocenters. The molecule has 0 radical (unpaired) electrons. The highest BCUT2D eigenvalue weighted by Crippen LogP contribution is 2.29. The number of carbonyl (C=O) groups is 1. The number of benzene rings is 2. The van der Waals surface area contributed by atoms with E-state index in [0.29, 0.717) is 22.8 Å². The molecule has 2 heterocycles. The average molecular weight is 395 g/mol. The predicted molar refractivity (Wildman–Crippen MR) is 107 cm³/mol. The molecule has 4 rings (SSSR count). The Morgan fingerprint density at radius 2 is 2.07 bits per heavy atom. The Morgan fingerprint density at radius 3 is 2.79 bits per heavy atom. The summed E-state index contributed by atoms with van der Waals surface area (Å²) in [6, 6.07) is 14.7. The van der Waals surface area contributed by atoms with Crippen molar-refractivity contribution in [3.63, 3.8) is 0 Å². The third-order valence-corrected chi connectivity index (χ3v) is 5.30. The number of para-hydroxylation sites is 2. The van der Waals surface area contributed by atoms with Crippen LogP contribution in [-0.2, 0) is 4.79 Å². The van der Waals surface area contributed by atoms with Crippen molar-refractivity contribution in [2.24, 2.45) is 0 Å². The van der Waals surface area contributed by atoms with Gasteiger partial charge in [0.2, 0.25) is 5.91 Å². The molecule has 1 aliphatic rings. The summed E-state index contributed by atoms with van der Waals surface area (Å²) in [5.41, 5.74) is 2.69. The van der Waals surface area contributed by atoms with Crippen molar-refractivity contribution in [3.8, 4) is 6.07 Å². The van der Waals surface area contributed by atoms with Gasteiger partial charge >= 0.3 is 0 Å². The molecule has 28 heavy (non-hydrogen) atoms. The summed E-state index contributed by atoms with van der Waals surface area (Å²) in [7, 11) is 0. The van der Waals surface area contributed by atoms with Crippen molar-refractivity contribution in [1.29, 1.82) is 5.26 Å². The number of carbonyl (C=O) groups excluding carboxylic acids is 1. The number of amides is 1. The van der Waals surface area contributed by atoms with Crippen molar-refractivity contribution >= 4 is 34.3 Å². The first-order valence-corrected chi connectivity index (χ1v) is 9.57. The Morgan fingerprint density at radius 1 is 1.29 bits per heavy atom. The van der Waals surface area contributed by atoms with Crippen LogP contribution in [0.1, 0.15) is 30.2 Å². The normalized spacial score (nSPS) is 15.4. The minimum Gasteiger partial charge on any atom is -0.440 e. The summed E-state index contributed by atoms with van der Waals surface area (Å²) in [6.45, 7) is 1.94. The van der Waals surface area contributed by atoms with Gasteiger partial charge in [-0.1, -0.05) is 23.7 Å². The molecule has 0 bridgehead atoms. The van der Waals surface area contributed by atoms with Crippen LogP contribution in [0, 0.1) is 11.3 Å². The number of halogens is 1. The van der Waals surface area contributed by atoms with Crippen LogP contribution in [0.25, 0.3) is 11.1 Å². The molecular weight excluding hydrogens is 376 g/mol. The van der Waals surface area contributed by atoms with Gasteiger partial charge < -0.3 is 9.73 Å². The van der Waals surface area contributed by atoms with E-state index in [1.807, 2.05) is 30.3 Å². The van der Waals surface area contributed by atoms with Crippen LogP contribution in [0.5, 0.6) is 0 Å². The molecule has 142 valence electrons. The van der Waals surface area contributed by atoms with Crippen LogP contribution in [-0.4, -0.2) is 35.4 Å². The maximum atomic E-state index is 12.3. The number of oxazole rings is 1. The number of hydrogen-bond acceptors (Lipinski definition) is 5. The molecule has 1 N–H and O–H groups in total. The minimum absolute atomic E-state index is 0.0962. The topological polar surface area (TPSA) is 82.2 Å². The fourth-order valence-electron chi connectivity index (χ4n) is 3.49. The maximum absolute atomic E-state index is 12.3. The summed E-state index contributed by atoms with van der Waals surface area (Å²) in [5, 5.41) is 12.1. The zero-order valence-electron chi connectivity index (χ0n) is 15.2. The summed E-state index contributed by atoms with van der Waals surface area (Å²) >= 11 is 6.01. The van der Waals surface area contributed by atoms with Crippen LogP contribution >= 0.6 is 11.6 Å². The number of aromatic nitrogens is 1. The van der Waals surface area contributed by atoms with Gasteiger partial charge in [-0.3, -0.25) is 9.69 Å². The van der Waals surface area contributed by atoms with Crippen LogP contribution in [0.2, 0.25) is 5.02 Å². The van der Waals surface area contributed by atoms with Gasteiger partial charge in [0.1, 0.15) is 11.6 Å². The molecule has 0 aliphatic carbocycles. The van der Waals surface area contributed by atoms with E-state index in [4.69, 9.17) is 21.3 Å². The van der Waals surface area contributed by atoms with Crippen molar-refractivity contribution < 1.29 is 9.21 Å². The Bertz CT molecular complexity index is 1010. The van der Waals surface area contributed by atoms with Crippen LogP contribution in [0.15, 0.2) is 46.9 Å². The highest BCUT2D eigenvalue weighted by Gasteiger charge is 2.25. The van der Waals surface area contributed by atoms with Crippen molar-refractivity contribution in [1.82, 2.24) is 9.88 Å². The van der Waals surface area contributed by atoms with Crippen molar-refractivity contribution in [2.75, 3.05) is 25.0 Å². The summed E-state index contributed by atoms with van der Waals surface area (Å²) in [4.78, 5) is 19.0. The van der Waals surface area contributed by atoms with E-state index in [-0.39, 0.29) is 11.8 Å². The zero-order valence-corrected chi connectivity index (χ0v) is 15.9. The maximum Gasteiger partial charge on any atom is 0.238 e. The lowest BCUT2D eigenvalue weighted by atomic mass is 9.97. The van der Waals surface area contributed by atoms with Crippen molar-refractivity contribution in [2.45, 2.75) is 18.8 Å². The van der Waals surface area contributed by atoms with Crippen LogP contribution in [0.4, 0.5) is 5.69 Å². The molecule has 0 spiro atoms. The monoisotopic (exact) mass is 394 g/mol. The SMILES string of the molecule is N#Cc1ccc(NC(=O)CN2CCC(c3nc4ccccc4o3)CC2)cc1Cl. The largest absolute Gasteiger partial charge is 0.440 e. The molecule has 0 saturated carbocycles. The summed E-state index contributed by atoms with van der Waals surface area (Å²) < 4.78 is 5.89. The number of nitriles is 1. The number of likely N-dealkylation sites (tertiary alicyclic amines) is 1. The van der Waals surface area contributed by atoms with E-state index in [9.17, 15) is 4.79 Å². The highest BCUT2D eigenvalue weighted by molar-refractivity contribution is 6.32. The number of anilines is 1. The van der Waals surface area contributed by atoms with Gasteiger partial charge in [0.25, 0.3) is 0 Å². The van der Waals surface area contributed by atoms with E-state index < -0.39 is 0 Å². The number of piperidine rings is 1. The molecular formula is C21H19ClN4O2. The Kier molecular flexibility index (Phi) is 5.29. The number of fused-ring (bicyclic) bond motifs is 1. The first-order valence-electron chi connectivity index (χ1n) is 9.19. The van der Waals surface area contributed by atoms with Crippen LogP contribution in [0.3, 0.4) is 0 Å². The van der Waals surface area contributed by atoms with Gasteiger partial charge in [0.05, 0.1) is 17.1 Å². The summed E-state index contributed by atoms with van der Waals surface area (Å²) in [6.07, 6.45) is 1.81. The number of nitrogens with zero attached hydrogens (tertiary/aromatic N) is 3. The molecule has 1 aliphatic heterocycles. The fraction of sp³-hybridized carbons (Fsp3) is 0.286. The molecule has 1 aromatic heterocycles. The average Bonchev–Trinajstić information content (AvgIpc) is 3.13. The quantitative estimate of drug-likeness (QED) is 0.718. The summed E-state index contributed by atoms with van der Waals surface area (Å²) in [5.74, 6) is 0.975. The molecule has 3 aromatic rings. The standard InChI is InChI=1S/C21H19ClN4O2/c22-17-11-16(6-5-15(17)12-23)24-20(27)13-26-9-7-14(8-10-26)21-25-18-3-1-2-4-19(18)28-21/h1-6,11,14H,7-10,13H2,(H,24,27). The van der Waals surface area contributed by atoms with E-state index >= 15 is 0 Å². The molecule has 1 saturated heterocycles. The van der Waals surface area contributed by atoms with Gasteiger partial charge in [-0.15, -0.1) is 0 Å². The van der Waals surface area contributed by atoms with E-state index in [1.54, 1.807) is 18.2 Å². The van der Waals surface area contributed by atoms with Gasteiger partial charge in [0, 0.05) is 11.6 Å². The molecule has 6 nitrogen and oxygen atoms in total. The number of rotatable bonds is 4. The lowest BCUT2D eigenvalue weighted by Gasteiger charge is -2.29. The first-order chi connectivity index (χ1) is 13.6. The predicted octanol–water partition coefficient (Wildman–Crippen LogP) is 4.17. The molecule has 0 atom stereocenters. The Balaban J connectivity index is 1.31. The second-order valence-corrected chi connectivity index (χ2v) is 7.33. The smallest absolute Gasteiger partial charge is 0.238 e. The van der Waals surface area contributed by atoms with Crippen molar-refractivity contribution in [3.05, 3.63) is 58.9 Å². The van der Waals surface area contributed by atoms with Crippen LogP contribution < -0.4 is 5.32 Å². The van der Waals surface area contributed by atoms with Gasteiger partial charge in [0.15, 0.2) is 11.5 Å². The lowest BCUT2D eigenvalue weighted by Crippen LogP contribution is -2.38. The highest BCUT2D eigenvalue weighted by atomic mass is 35.5. The second kappa shape index (κ2) is 8.01. The Labute approximate surface area is 167 Å². The van der Waals surface area contributed by atoms with E-state index in [1.165, 1.54) is 0 Å². The lowest BCUT2D eigenvalue weighted by molar-refractivity contribution is -0.117. The first kappa shape index (κ1) is 18.5. The molecule has 7 heteroatoms. The third kappa shape index (κ3) is 4.01. The minimum atomic E-state index is -0.0962. The Hall–Kier alpha value is -2.88. The molecule has 1 amide bonds. The van der Waals surface area contributed by atoms with E-state index in [0.717, 1.165) is 42.9 Å². The number of hydrogen-bond donors (Lipinski definition) is 1. The zero-order chi connectivity index (χ0) is 19.5. The molecule has 1 fully saturated rings. The fourth-order valence-corrected chi connectivity index (χ4v) is 3.71.